The van der Waals surface area contributed by atoms with Crippen molar-refractivity contribution in [3.8, 4) is 5.75 Å². The highest BCUT2D eigenvalue weighted by molar-refractivity contribution is 9.10. The topological polar surface area (TPSA) is 49.9 Å². The summed E-state index contributed by atoms with van der Waals surface area (Å²) in [6, 6.07) is 5.98. The van der Waals surface area contributed by atoms with Gasteiger partial charge in [0.2, 0.25) is 0 Å². The second kappa shape index (κ2) is 5.44. The molecule has 0 bridgehead atoms. The lowest BCUT2D eigenvalue weighted by molar-refractivity contribution is 0.410. The summed E-state index contributed by atoms with van der Waals surface area (Å²) in [5.74, 6) is 0.879. The lowest BCUT2D eigenvalue weighted by Gasteiger charge is -2.11. The van der Waals surface area contributed by atoms with Gasteiger partial charge >= 0.3 is 0 Å². The molecule has 0 spiro atoms. The summed E-state index contributed by atoms with van der Waals surface area (Å²) in [6.45, 7) is 4.67. The first-order chi connectivity index (χ1) is 8.61. The predicted octanol–water partition coefficient (Wildman–Crippen LogP) is 3.41. The molecule has 0 aliphatic carbocycles. The number of halogens is 1. The quantitative estimate of drug-likeness (QED) is 0.910. The van der Waals surface area contributed by atoms with Crippen LogP contribution >= 0.6 is 15.9 Å². The van der Waals surface area contributed by atoms with Gasteiger partial charge in [0, 0.05) is 16.6 Å². The lowest BCUT2D eigenvalue weighted by Crippen LogP contribution is -2.03. The fourth-order valence-electron chi connectivity index (χ4n) is 1.88. The molecule has 0 saturated carbocycles. The van der Waals surface area contributed by atoms with Crippen molar-refractivity contribution in [3.05, 3.63) is 39.6 Å². The summed E-state index contributed by atoms with van der Waals surface area (Å²) in [5.41, 5.74) is 4.17. The average molecular weight is 310 g/mol. The van der Waals surface area contributed by atoms with Gasteiger partial charge in [0.15, 0.2) is 0 Å². The number of aromatic amines is 1. The Morgan fingerprint density at radius 1 is 1.39 bits per heavy atom. The normalized spacial score (nSPS) is 10.4. The molecule has 1 aromatic carbocycles. The SMILES string of the molecule is COc1ccc(Br)cc1CNc1c(C)n[nH]c1C. The zero-order chi connectivity index (χ0) is 13.1. The number of aromatic nitrogens is 2. The van der Waals surface area contributed by atoms with E-state index in [4.69, 9.17) is 4.74 Å². The first-order valence-electron chi connectivity index (χ1n) is 5.69. The molecule has 2 rings (SSSR count). The number of anilines is 1. The lowest BCUT2D eigenvalue weighted by atomic mass is 10.2. The molecular formula is C13H16BrN3O. The highest BCUT2D eigenvalue weighted by atomic mass is 79.9. The monoisotopic (exact) mass is 309 g/mol. The summed E-state index contributed by atoms with van der Waals surface area (Å²) in [7, 11) is 1.68. The largest absolute Gasteiger partial charge is 0.496 e. The van der Waals surface area contributed by atoms with E-state index in [9.17, 15) is 0 Å². The Hall–Kier alpha value is -1.49. The molecule has 96 valence electrons. The van der Waals surface area contributed by atoms with Crippen molar-refractivity contribution in [2.45, 2.75) is 20.4 Å². The Balaban J connectivity index is 2.17. The van der Waals surface area contributed by atoms with E-state index in [1.165, 1.54) is 0 Å². The number of nitrogens with one attached hydrogen (secondary N) is 2. The fourth-order valence-corrected chi connectivity index (χ4v) is 2.29. The smallest absolute Gasteiger partial charge is 0.123 e. The maximum Gasteiger partial charge on any atom is 0.123 e. The van der Waals surface area contributed by atoms with E-state index in [0.29, 0.717) is 6.54 Å². The van der Waals surface area contributed by atoms with Crippen LogP contribution in [0.4, 0.5) is 5.69 Å². The Kier molecular flexibility index (Phi) is 3.91. The van der Waals surface area contributed by atoms with Crippen LogP contribution in [-0.4, -0.2) is 17.3 Å². The number of H-pyrrole nitrogens is 1. The van der Waals surface area contributed by atoms with Gasteiger partial charge < -0.3 is 10.1 Å². The zero-order valence-electron chi connectivity index (χ0n) is 10.7. The van der Waals surface area contributed by atoms with Crippen LogP contribution in [0.15, 0.2) is 22.7 Å². The van der Waals surface area contributed by atoms with Crippen LogP contribution in [-0.2, 0) is 6.54 Å². The minimum absolute atomic E-state index is 0.698. The van der Waals surface area contributed by atoms with Gasteiger partial charge in [-0.2, -0.15) is 5.10 Å². The minimum atomic E-state index is 0.698. The van der Waals surface area contributed by atoms with Crippen molar-refractivity contribution in [1.82, 2.24) is 10.2 Å². The van der Waals surface area contributed by atoms with E-state index in [-0.39, 0.29) is 0 Å². The molecule has 0 aliphatic heterocycles. The van der Waals surface area contributed by atoms with E-state index in [1.54, 1.807) is 7.11 Å². The molecule has 1 heterocycles. The Morgan fingerprint density at radius 2 is 2.17 bits per heavy atom. The van der Waals surface area contributed by atoms with Gasteiger partial charge in [-0.1, -0.05) is 15.9 Å². The van der Waals surface area contributed by atoms with Crippen LogP contribution < -0.4 is 10.1 Å². The van der Waals surface area contributed by atoms with Crippen LogP contribution in [0.1, 0.15) is 17.0 Å². The number of nitrogens with zero attached hydrogens (tertiary/aromatic N) is 1. The van der Waals surface area contributed by atoms with Crippen LogP contribution in [0.25, 0.3) is 0 Å². The highest BCUT2D eigenvalue weighted by Crippen LogP contribution is 2.25. The number of rotatable bonds is 4. The van der Waals surface area contributed by atoms with Crippen molar-refractivity contribution in [3.63, 3.8) is 0 Å². The van der Waals surface area contributed by atoms with Crippen LogP contribution in [0.3, 0.4) is 0 Å². The number of methoxy groups -OCH3 is 1. The molecule has 0 aliphatic rings. The second-order valence-electron chi connectivity index (χ2n) is 4.12. The first-order valence-corrected chi connectivity index (χ1v) is 6.49. The molecule has 2 aromatic rings. The van der Waals surface area contributed by atoms with Gasteiger partial charge in [-0.25, -0.2) is 0 Å². The summed E-state index contributed by atoms with van der Waals surface area (Å²) in [6.07, 6.45) is 0. The number of ether oxygens (including phenoxy) is 1. The van der Waals surface area contributed by atoms with Gasteiger partial charge in [-0.3, -0.25) is 5.10 Å². The van der Waals surface area contributed by atoms with E-state index >= 15 is 0 Å². The van der Waals surface area contributed by atoms with Crippen LogP contribution in [0.2, 0.25) is 0 Å². The third kappa shape index (κ3) is 2.67. The Labute approximate surface area is 115 Å². The van der Waals surface area contributed by atoms with Crippen molar-refractivity contribution >= 4 is 21.6 Å². The number of hydrogen-bond acceptors (Lipinski definition) is 3. The molecule has 5 heteroatoms. The fraction of sp³-hybridized carbons (Fsp3) is 0.308. The van der Waals surface area contributed by atoms with Crippen molar-refractivity contribution in [2.75, 3.05) is 12.4 Å². The van der Waals surface area contributed by atoms with Crippen LogP contribution in [0, 0.1) is 13.8 Å². The van der Waals surface area contributed by atoms with E-state index in [2.05, 4.69) is 37.5 Å². The van der Waals surface area contributed by atoms with Crippen molar-refractivity contribution in [2.24, 2.45) is 0 Å². The maximum absolute atomic E-state index is 5.35. The highest BCUT2D eigenvalue weighted by Gasteiger charge is 2.08. The number of hydrogen-bond donors (Lipinski definition) is 2. The molecular weight excluding hydrogens is 294 g/mol. The number of aryl methyl sites for hydroxylation is 2. The average Bonchev–Trinajstić information content (AvgIpc) is 2.67. The zero-order valence-corrected chi connectivity index (χ0v) is 12.3. The van der Waals surface area contributed by atoms with Gasteiger partial charge in [0.1, 0.15) is 5.75 Å². The van der Waals surface area contributed by atoms with Gasteiger partial charge in [0.25, 0.3) is 0 Å². The Morgan fingerprint density at radius 3 is 2.78 bits per heavy atom. The molecule has 0 atom stereocenters. The van der Waals surface area contributed by atoms with Crippen molar-refractivity contribution in [1.29, 1.82) is 0 Å². The predicted molar refractivity (Wildman–Crippen MR) is 76.1 cm³/mol. The molecule has 4 nitrogen and oxygen atoms in total. The molecule has 0 saturated heterocycles. The Bertz CT molecular complexity index is 532. The van der Waals surface area contributed by atoms with Gasteiger partial charge in [0.05, 0.1) is 24.2 Å². The summed E-state index contributed by atoms with van der Waals surface area (Å²) >= 11 is 3.47. The number of benzene rings is 1. The molecule has 0 amide bonds. The van der Waals surface area contributed by atoms with Gasteiger partial charge in [-0.15, -0.1) is 0 Å². The summed E-state index contributed by atoms with van der Waals surface area (Å²) in [5, 5.41) is 10.5. The van der Waals surface area contributed by atoms with E-state index in [0.717, 1.165) is 32.9 Å². The minimum Gasteiger partial charge on any atom is -0.496 e. The standard InChI is InChI=1S/C13H16BrN3O/c1-8-13(9(2)17-16-8)15-7-10-6-11(14)4-5-12(10)18-3/h4-6,15H,7H2,1-3H3,(H,16,17). The molecule has 18 heavy (non-hydrogen) atoms. The molecule has 1 aromatic heterocycles. The van der Waals surface area contributed by atoms with E-state index in [1.807, 2.05) is 26.0 Å². The van der Waals surface area contributed by atoms with E-state index < -0.39 is 0 Å². The van der Waals surface area contributed by atoms with Gasteiger partial charge in [-0.05, 0) is 32.0 Å². The summed E-state index contributed by atoms with van der Waals surface area (Å²) in [4.78, 5) is 0. The molecule has 2 N–H and O–H groups in total. The second-order valence-corrected chi connectivity index (χ2v) is 5.03. The molecule has 0 radical (unpaired) electrons. The maximum atomic E-state index is 5.35. The third-order valence-electron chi connectivity index (χ3n) is 2.83. The third-order valence-corrected chi connectivity index (χ3v) is 3.32. The van der Waals surface area contributed by atoms with Crippen LogP contribution in [0.5, 0.6) is 5.75 Å². The molecule has 0 unspecified atom stereocenters. The first kappa shape index (κ1) is 13.0. The summed E-state index contributed by atoms with van der Waals surface area (Å²) < 4.78 is 6.39. The van der Waals surface area contributed by atoms with Crippen molar-refractivity contribution < 1.29 is 4.74 Å². The molecule has 0 fully saturated rings.